The molecule has 0 unspecified atom stereocenters. The minimum atomic E-state index is -0.452. The molecule has 0 amide bonds. The second-order valence-electron chi connectivity index (χ2n) is 10.5. The van der Waals surface area contributed by atoms with E-state index in [1.54, 1.807) is 12.1 Å². The van der Waals surface area contributed by atoms with Crippen LogP contribution in [0.25, 0.3) is 0 Å². The van der Waals surface area contributed by atoms with Gasteiger partial charge in [0.05, 0.1) is 150 Å². The molecule has 0 heterocycles. The molecule has 16 nitrogen and oxygen atoms in total. The van der Waals surface area contributed by atoms with Gasteiger partial charge in [-0.05, 0) is 24.3 Å². The lowest BCUT2D eigenvalue weighted by atomic mass is 10.3. The van der Waals surface area contributed by atoms with Gasteiger partial charge in [0.15, 0.2) is 0 Å². The van der Waals surface area contributed by atoms with Gasteiger partial charge in [-0.15, -0.1) is 0 Å². The molecule has 0 aliphatic carbocycles. The molecule has 296 valence electrons. The lowest BCUT2D eigenvalue weighted by molar-refractivity contribution is -0.384. The van der Waals surface area contributed by atoms with Gasteiger partial charge in [-0.2, -0.15) is 0 Å². The summed E-state index contributed by atoms with van der Waals surface area (Å²) in [4.78, 5) is 10.2. The van der Waals surface area contributed by atoms with E-state index in [1.165, 1.54) is 12.1 Å². The summed E-state index contributed by atoms with van der Waals surface area (Å²) in [6.45, 7) is 11.5. The zero-order chi connectivity index (χ0) is 36.8. The monoisotopic (exact) mass is 743 g/mol. The SMILES string of the molecule is O=[N+]([O-])c1ccc(OCCOCCOCCOCCOCCOCCOCCOCCOCCOCCOCCOCCOc2ccccc2)cc1. The highest BCUT2D eigenvalue weighted by Crippen LogP contribution is 2.17. The first kappa shape index (κ1) is 45.2. The molecular weight excluding hydrogens is 686 g/mol. The van der Waals surface area contributed by atoms with E-state index in [9.17, 15) is 10.1 Å². The Bertz CT molecular complexity index is 1050. The molecule has 0 spiro atoms. The minimum Gasteiger partial charge on any atom is -0.491 e. The van der Waals surface area contributed by atoms with Crippen LogP contribution in [0.3, 0.4) is 0 Å². The van der Waals surface area contributed by atoms with E-state index in [-0.39, 0.29) is 5.69 Å². The van der Waals surface area contributed by atoms with E-state index in [2.05, 4.69) is 0 Å². The molecule has 0 saturated carbocycles. The Balaban J connectivity index is 1.14. The van der Waals surface area contributed by atoms with Crippen LogP contribution < -0.4 is 9.47 Å². The molecule has 0 fully saturated rings. The number of non-ortho nitro benzene ring substituents is 1. The molecule has 0 bridgehead atoms. The number of nitrogens with zero attached hydrogens (tertiary/aromatic N) is 1. The van der Waals surface area contributed by atoms with Crippen LogP contribution >= 0.6 is 0 Å². The van der Waals surface area contributed by atoms with Crippen LogP contribution in [0.2, 0.25) is 0 Å². The molecular formula is C36H57NO15. The van der Waals surface area contributed by atoms with Crippen LogP contribution in [0.5, 0.6) is 11.5 Å². The second-order valence-corrected chi connectivity index (χ2v) is 10.5. The molecule has 0 N–H and O–H groups in total. The normalized spacial score (nSPS) is 11.2. The first-order valence-corrected chi connectivity index (χ1v) is 17.7. The molecule has 52 heavy (non-hydrogen) atoms. The number of nitro groups is 1. The molecule has 2 rings (SSSR count). The molecule has 0 radical (unpaired) electrons. The first-order chi connectivity index (χ1) is 25.8. The number of hydrogen-bond acceptors (Lipinski definition) is 15. The molecule has 0 aromatic heterocycles. The predicted molar refractivity (Wildman–Crippen MR) is 190 cm³/mol. The number of nitro benzene ring substituents is 1. The van der Waals surface area contributed by atoms with Crippen LogP contribution in [0, 0.1) is 10.1 Å². The summed E-state index contributed by atoms with van der Waals surface area (Å²) in [5.74, 6) is 1.39. The predicted octanol–water partition coefficient (Wildman–Crippen LogP) is 3.24. The van der Waals surface area contributed by atoms with Crippen LogP contribution in [-0.2, 0) is 52.1 Å². The van der Waals surface area contributed by atoms with Gasteiger partial charge >= 0.3 is 0 Å². The lowest BCUT2D eigenvalue weighted by Gasteiger charge is -2.09. The van der Waals surface area contributed by atoms with Crippen molar-refractivity contribution in [1.29, 1.82) is 0 Å². The van der Waals surface area contributed by atoms with Gasteiger partial charge in [0.1, 0.15) is 24.7 Å². The van der Waals surface area contributed by atoms with Crippen LogP contribution in [-0.4, -0.2) is 163 Å². The lowest BCUT2D eigenvalue weighted by Crippen LogP contribution is -2.15. The quantitative estimate of drug-likeness (QED) is 0.0557. The fourth-order valence-corrected chi connectivity index (χ4v) is 3.92. The van der Waals surface area contributed by atoms with Crippen molar-refractivity contribution < 1.29 is 66.5 Å². The summed E-state index contributed by atoms with van der Waals surface area (Å²) in [5.41, 5.74) is 0.0242. The second kappa shape index (κ2) is 35.1. The molecule has 0 aliphatic heterocycles. The van der Waals surface area contributed by atoms with E-state index < -0.39 is 4.92 Å². The smallest absolute Gasteiger partial charge is 0.269 e. The van der Waals surface area contributed by atoms with E-state index in [0.29, 0.717) is 164 Å². The highest BCUT2D eigenvalue weighted by atomic mass is 16.6. The summed E-state index contributed by atoms with van der Waals surface area (Å²) < 4.78 is 71.2. The maximum Gasteiger partial charge on any atom is 0.269 e. The summed E-state index contributed by atoms with van der Waals surface area (Å²) >= 11 is 0. The molecule has 0 atom stereocenters. The Morgan fingerprint density at radius 1 is 0.327 bits per heavy atom. The Hall–Kier alpha value is -3.00. The van der Waals surface area contributed by atoms with Gasteiger partial charge in [-0.1, -0.05) is 18.2 Å². The van der Waals surface area contributed by atoms with Gasteiger partial charge in [0.25, 0.3) is 5.69 Å². The van der Waals surface area contributed by atoms with Gasteiger partial charge in [0, 0.05) is 12.1 Å². The van der Waals surface area contributed by atoms with Gasteiger partial charge in [0.2, 0.25) is 0 Å². The van der Waals surface area contributed by atoms with Crippen molar-refractivity contribution in [3.63, 3.8) is 0 Å². The number of para-hydroxylation sites is 1. The molecule has 16 heteroatoms. The molecule has 2 aromatic rings. The van der Waals surface area contributed by atoms with Gasteiger partial charge < -0.3 is 61.6 Å². The summed E-state index contributed by atoms with van der Waals surface area (Å²) in [6.07, 6.45) is 0. The van der Waals surface area contributed by atoms with E-state index in [4.69, 9.17) is 61.6 Å². The average molecular weight is 744 g/mol. The van der Waals surface area contributed by atoms with Crippen LogP contribution in [0.4, 0.5) is 5.69 Å². The zero-order valence-corrected chi connectivity index (χ0v) is 30.2. The van der Waals surface area contributed by atoms with E-state index in [0.717, 1.165) is 5.75 Å². The zero-order valence-electron chi connectivity index (χ0n) is 30.2. The van der Waals surface area contributed by atoms with Crippen molar-refractivity contribution in [3.8, 4) is 11.5 Å². The number of rotatable bonds is 39. The molecule has 0 saturated heterocycles. The van der Waals surface area contributed by atoms with Crippen LogP contribution in [0.15, 0.2) is 54.6 Å². The number of ether oxygens (including phenoxy) is 13. The van der Waals surface area contributed by atoms with E-state index >= 15 is 0 Å². The Morgan fingerprint density at radius 3 is 0.808 bits per heavy atom. The largest absolute Gasteiger partial charge is 0.491 e. The van der Waals surface area contributed by atoms with Gasteiger partial charge in [-0.3, -0.25) is 10.1 Å². The standard InChI is InChI=1S/C36H57NO15/c38-37(39)34-6-8-36(9-7-34)52-33-31-50-29-27-48-25-23-46-21-19-44-17-15-42-13-11-40-10-12-41-14-16-43-18-20-45-22-24-47-26-28-49-30-32-51-35-4-2-1-3-5-35/h1-9H,10-33H2. The highest BCUT2D eigenvalue weighted by molar-refractivity contribution is 5.35. The van der Waals surface area contributed by atoms with Crippen molar-refractivity contribution in [2.45, 2.75) is 0 Å². The Labute approximate surface area is 306 Å². The minimum absolute atomic E-state index is 0.0242. The fourth-order valence-electron chi connectivity index (χ4n) is 3.92. The van der Waals surface area contributed by atoms with Crippen molar-refractivity contribution in [1.82, 2.24) is 0 Å². The fraction of sp³-hybridized carbons (Fsp3) is 0.667. The third kappa shape index (κ3) is 28.6. The third-order valence-corrected chi connectivity index (χ3v) is 6.50. The topological polar surface area (TPSA) is 163 Å². The Morgan fingerprint density at radius 2 is 0.558 bits per heavy atom. The third-order valence-electron chi connectivity index (χ3n) is 6.50. The van der Waals surface area contributed by atoms with Crippen LogP contribution in [0.1, 0.15) is 0 Å². The first-order valence-electron chi connectivity index (χ1n) is 17.7. The maximum atomic E-state index is 10.6. The Kier molecular flexibility index (Phi) is 30.4. The molecule has 0 aliphatic rings. The van der Waals surface area contributed by atoms with Gasteiger partial charge in [-0.25, -0.2) is 0 Å². The number of benzene rings is 2. The van der Waals surface area contributed by atoms with E-state index in [1.807, 2.05) is 30.3 Å². The summed E-state index contributed by atoms with van der Waals surface area (Å²) in [7, 11) is 0. The van der Waals surface area contributed by atoms with Crippen molar-refractivity contribution in [2.24, 2.45) is 0 Å². The van der Waals surface area contributed by atoms with Crippen molar-refractivity contribution in [3.05, 3.63) is 64.7 Å². The summed E-state index contributed by atoms with van der Waals surface area (Å²) in [6, 6.07) is 15.6. The van der Waals surface area contributed by atoms with Crippen molar-refractivity contribution in [2.75, 3.05) is 159 Å². The maximum absolute atomic E-state index is 10.6. The number of hydrogen-bond donors (Lipinski definition) is 0. The summed E-state index contributed by atoms with van der Waals surface area (Å²) in [5, 5.41) is 10.6. The molecule has 2 aromatic carbocycles. The average Bonchev–Trinajstić information content (AvgIpc) is 3.16. The highest BCUT2D eigenvalue weighted by Gasteiger charge is 2.04. The van der Waals surface area contributed by atoms with Crippen molar-refractivity contribution >= 4 is 5.69 Å².